The van der Waals surface area contributed by atoms with E-state index in [1.807, 2.05) is 36.7 Å². The van der Waals surface area contributed by atoms with Gasteiger partial charge in [0, 0.05) is 30.6 Å². The van der Waals surface area contributed by atoms with Gasteiger partial charge in [-0.25, -0.2) is 4.79 Å². The Morgan fingerprint density at radius 1 is 1.27 bits per heavy atom. The number of thiophene rings is 1. The van der Waals surface area contributed by atoms with E-state index >= 15 is 0 Å². The van der Waals surface area contributed by atoms with Crippen LogP contribution in [-0.4, -0.2) is 24.3 Å². The lowest BCUT2D eigenvalue weighted by Crippen LogP contribution is -2.17. The molecule has 0 aliphatic rings. The quantitative estimate of drug-likeness (QED) is 0.637. The molecule has 0 fully saturated rings. The zero-order valence-corrected chi connectivity index (χ0v) is 16.4. The van der Waals surface area contributed by atoms with Gasteiger partial charge < -0.3 is 19.4 Å². The molecule has 0 aliphatic heterocycles. The highest BCUT2D eigenvalue weighted by molar-refractivity contribution is 7.19. The number of rotatable bonds is 7. The van der Waals surface area contributed by atoms with Crippen molar-refractivity contribution in [2.75, 3.05) is 13.7 Å². The molecule has 0 bridgehead atoms. The maximum absolute atomic E-state index is 12.5. The monoisotopic (exact) mass is 372 g/mol. The number of methoxy groups -OCH3 is 1. The summed E-state index contributed by atoms with van der Waals surface area (Å²) in [5, 5.41) is 3.45. The summed E-state index contributed by atoms with van der Waals surface area (Å²) in [7, 11) is 3.59. The zero-order valence-electron chi connectivity index (χ0n) is 15.6. The first-order valence-electron chi connectivity index (χ1n) is 8.63. The number of esters is 1. The average Bonchev–Trinajstić information content (AvgIpc) is 3.12. The van der Waals surface area contributed by atoms with E-state index in [2.05, 4.69) is 24.4 Å². The summed E-state index contributed by atoms with van der Waals surface area (Å²) < 4.78 is 13.6. The van der Waals surface area contributed by atoms with E-state index in [9.17, 15) is 4.79 Å². The van der Waals surface area contributed by atoms with Crippen molar-refractivity contribution in [2.24, 2.45) is 7.05 Å². The average molecular weight is 372 g/mol. The molecule has 26 heavy (non-hydrogen) atoms. The molecule has 0 unspecified atom stereocenters. The van der Waals surface area contributed by atoms with Crippen LogP contribution in [0.1, 0.15) is 33.4 Å². The lowest BCUT2D eigenvalue weighted by atomic mass is 10.2. The number of hydrogen-bond donors (Lipinski definition) is 1. The number of carbonyl (C=O) groups excluding carboxylic acids is 1. The fourth-order valence-corrected chi connectivity index (χ4v) is 4.22. The van der Waals surface area contributed by atoms with Crippen molar-refractivity contribution < 1.29 is 14.3 Å². The van der Waals surface area contributed by atoms with Crippen LogP contribution in [0.2, 0.25) is 0 Å². The third kappa shape index (κ3) is 3.61. The fraction of sp³-hybridized carbons (Fsp3) is 0.350. The van der Waals surface area contributed by atoms with Crippen LogP contribution in [0.3, 0.4) is 0 Å². The van der Waals surface area contributed by atoms with Crippen LogP contribution >= 0.6 is 11.3 Å². The zero-order chi connectivity index (χ0) is 18.7. The van der Waals surface area contributed by atoms with Gasteiger partial charge in [0.1, 0.15) is 11.4 Å². The maximum Gasteiger partial charge on any atom is 0.355 e. The summed E-state index contributed by atoms with van der Waals surface area (Å²) in [5.41, 5.74) is 3.85. The molecule has 5 nitrogen and oxygen atoms in total. The Hall–Kier alpha value is -2.31. The molecule has 0 spiro atoms. The van der Waals surface area contributed by atoms with E-state index in [1.54, 1.807) is 18.4 Å². The number of nitrogens with one attached hydrogen (secondary N) is 1. The van der Waals surface area contributed by atoms with Gasteiger partial charge in [-0.05, 0) is 37.6 Å². The van der Waals surface area contributed by atoms with Crippen molar-refractivity contribution in [2.45, 2.75) is 26.9 Å². The minimum absolute atomic E-state index is 0.269. The highest BCUT2D eigenvalue weighted by Crippen LogP contribution is 2.33. The van der Waals surface area contributed by atoms with Gasteiger partial charge in [-0.2, -0.15) is 0 Å². The van der Waals surface area contributed by atoms with Crippen molar-refractivity contribution in [1.29, 1.82) is 0 Å². The van der Waals surface area contributed by atoms with Crippen LogP contribution in [0.5, 0.6) is 5.75 Å². The van der Waals surface area contributed by atoms with Crippen LogP contribution in [0.25, 0.3) is 10.2 Å². The van der Waals surface area contributed by atoms with E-state index in [0.29, 0.717) is 25.4 Å². The van der Waals surface area contributed by atoms with E-state index < -0.39 is 0 Å². The van der Waals surface area contributed by atoms with Crippen molar-refractivity contribution in [3.8, 4) is 5.75 Å². The van der Waals surface area contributed by atoms with Gasteiger partial charge in [0.2, 0.25) is 0 Å². The molecule has 6 heteroatoms. The second-order valence-corrected chi connectivity index (χ2v) is 7.39. The number of aromatic nitrogens is 1. The summed E-state index contributed by atoms with van der Waals surface area (Å²) in [5.74, 6) is 0.571. The maximum atomic E-state index is 12.5. The molecule has 0 amide bonds. The number of hydrogen-bond acceptors (Lipinski definition) is 5. The molecule has 0 radical (unpaired) electrons. The number of ether oxygens (including phenoxy) is 2. The van der Waals surface area contributed by atoms with Crippen LogP contribution < -0.4 is 10.1 Å². The minimum atomic E-state index is -0.269. The van der Waals surface area contributed by atoms with Crippen LogP contribution in [0.4, 0.5) is 0 Å². The molecular weight excluding hydrogens is 348 g/mol. The van der Waals surface area contributed by atoms with Crippen LogP contribution in [-0.2, 0) is 24.9 Å². The fourth-order valence-electron chi connectivity index (χ4n) is 3.13. The Morgan fingerprint density at radius 2 is 2.08 bits per heavy atom. The lowest BCUT2D eigenvalue weighted by Gasteiger charge is -2.09. The Bertz CT molecular complexity index is 927. The van der Waals surface area contributed by atoms with Gasteiger partial charge in [-0.1, -0.05) is 12.1 Å². The van der Waals surface area contributed by atoms with Gasteiger partial charge in [-0.15, -0.1) is 11.3 Å². The van der Waals surface area contributed by atoms with Crippen molar-refractivity contribution in [3.05, 3.63) is 52.0 Å². The first-order valence-corrected chi connectivity index (χ1v) is 9.45. The summed E-state index contributed by atoms with van der Waals surface area (Å²) >= 11 is 1.71. The third-order valence-electron chi connectivity index (χ3n) is 4.33. The summed E-state index contributed by atoms with van der Waals surface area (Å²) in [4.78, 5) is 13.7. The molecule has 2 aromatic heterocycles. The second-order valence-electron chi connectivity index (χ2n) is 6.13. The number of nitrogens with zero attached hydrogens (tertiary/aromatic N) is 1. The smallest absolute Gasteiger partial charge is 0.355 e. The second kappa shape index (κ2) is 7.93. The third-order valence-corrected chi connectivity index (χ3v) is 5.43. The number of carbonyl (C=O) groups is 1. The van der Waals surface area contributed by atoms with E-state index in [-0.39, 0.29) is 5.97 Å². The normalized spacial score (nSPS) is 11.1. The minimum Gasteiger partial charge on any atom is -0.497 e. The van der Waals surface area contributed by atoms with E-state index in [4.69, 9.17) is 9.47 Å². The highest BCUT2D eigenvalue weighted by Gasteiger charge is 2.23. The number of benzene rings is 1. The van der Waals surface area contributed by atoms with E-state index in [1.165, 1.54) is 4.88 Å². The molecule has 1 aromatic carbocycles. The Kier molecular flexibility index (Phi) is 5.64. The first-order chi connectivity index (χ1) is 12.5. The molecule has 138 valence electrons. The van der Waals surface area contributed by atoms with Gasteiger partial charge >= 0.3 is 5.97 Å². The number of aryl methyl sites for hydroxylation is 2. The molecule has 3 rings (SSSR count). The van der Waals surface area contributed by atoms with Crippen molar-refractivity contribution in [1.82, 2.24) is 9.88 Å². The standard InChI is InChI=1S/C20H24N2O3S/c1-5-25-20(23)18-16(19-17(22(18)3)9-13(2)26-19)12-21-11-14-7-6-8-15(10-14)24-4/h6-10,21H,5,11-12H2,1-4H3. The van der Waals surface area contributed by atoms with Gasteiger partial charge in [-0.3, -0.25) is 0 Å². The summed E-state index contributed by atoms with van der Waals surface area (Å²) in [6.07, 6.45) is 0. The molecular formula is C20H24N2O3S. The molecule has 2 heterocycles. The van der Waals surface area contributed by atoms with E-state index in [0.717, 1.165) is 27.1 Å². The molecule has 0 aliphatic carbocycles. The molecule has 1 N–H and O–H groups in total. The molecule has 0 saturated heterocycles. The number of fused-ring (bicyclic) bond motifs is 1. The first kappa shape index (κ1) is 18.5. The highest BCUT2D eigenvalue weighted by atomic mass is 32.1. The predicted octanol–water partition coefficient (Wildman–Crippen LogP) is 4.02. The summed E-state index contributed by atoms with van der Waals surface area (Å²) in [6, 6.07) is 10.1. The Labute approximate surface area is 157 Å². The molecule has 3 aromatic rings. The van der Waals surface area contributed by atoms with Crippen molar-refractivity contribution in [3.63, 3.8) is 0 Å². The molecule has 0 atom stereocenters. The molecule has 0 saturated carbocycles. The predicted molar refractivity (Wildman–Crippen MR) is 105 cm³/mol. The SMILES string of the molecule is CCOC(=O)c1c(CNCc2cccc(OC)c2)c2sc(C)cc2n1C. The van der Waals surface area contributed by atoms with Crippen LogP contribution in [0.15, 0.2) is 30.3 Å². The lowest BCUT2D eigenvalue weighted by molar-refractivity contribution is 0.0514. The van der Waals surface area contributed by atoms with Gasteiger partial charge in [0.25, 0.3) is 0 Å². The van der Waals surface area contributed by atoms with Crippen LogP contribution in [0, 0.1) is 6.92 Å². The topological polar surface area (TPSA) is 52.5 Å². The largest absolute Gasteiger partial charge is 0.497 e. The van der Waals surface area contributed by atoms with Crippen molar-refractivity contribution >= 4 is 27.5 Å². The Balaban J connectivity index is 1.85. The van der Waals surface area contributed by atoms with Gasteiger partial charge in [0.15, 0.2) is 0 Å². The Morgan fingerprint density at radius 3 is 2.81 bits per heavy atom. The summed E-state index contributed by atoms with van der Waals surface area (Å²) in [6.45, 7) is 5.58. The van der Waals surface area contributed by atoms with Gasteiger partial charge in [0.05, 0.1) is 23.9 Å².